The van der Waals surface area contributed by atoms with Crippen molar-refractivity contribution in [2.75, 3.05) is 0 Å². The molecular weight excluding hydrogens is 351 g/mol. The van der Waals surface area contributed by atoms with Crippen molar-refractivity contribution in [3.63, 3.8) is 0 Å². The SMILES string of the molecule is CC(C)(C)c1nnc(-c2ccc(B3OC(C)(C)C(C)(C)O3)cc2C(C)(C)C)o1. The first-order valence-corrected chi connectivity index (χ1v) is 9.96. The van der Waals surface area contributed by atoms with Crippen LogP contribution in [0.1, 0.15) is 80.7 Å². The Labute approximate surface area is 169 Å². The second-order valence-electron chi connectivity index (χ2n) is 10.8. The zero-order valence-corrected chi connectivity index (χ0v) is 18.9. The van der Waals surface area contributed by atoms with Crippen molar-refractivity contribution in [2.24, 2.45) is 0 Å². The molecule has 0 amide bonds. The molecule has 1 aliphatic heterocycles. The van der Waals surface area contributed by atoms with Gasteiger partial charge in [0.15, 0.2) is 0 Å². The van der Waals surface area contributed by atoms with E-state index in [0.717, 1.165) is 16.6 Å². The van der Waals surface area contributed by atoms with E-state index in [9.17, 15) is 0 Å². The Kier molecular flexibility index (Phi) is 4.83. The van der Waals surface area contributed by atoms with Crippen LogP contribution in [-0.4, -0.2) is 28.5 Å². The number of rotatable bonds is 2. The summed E-state index contributed by atoms with van der Waals surface area (Å²) >= 11 is 0. The maximum atomic E-state index is 6.24. The minimum Gasteiger partial charge on any atom is -0.420 e. The van der Waals surface area contributed by atoms with Gasteiger partial charge in [0, 0.05) is 11.0 Å². The van der Waals surface area contributed by atoms with Crippen LogP contribution in [0.3, 0.4) is 0 Å². The van der Waals surface area contributed by atoms with Gasteiger partial charge in [0.2, 0.25) is 11.8 Å². The van der Waals surface area contributed by atoms with Crippen molar-refractivity contribution in [3.8, 4) is 11.5 Å². The van der Waals surface area contributed by atoms with Crippen LogP contribution < -0.4 is 5.46 Å². The highest BCUT2D eigenvalue weighted by atomic mass is 16.7. The van der Waals surface area contributed by atoms with E-state index in [0.29, 0.717) is 11.8 Å². The molecule has 3 rings (SSSR count). The molecule has 1 aromatic heterocycles. The van der Waals surface area contributed by atoms with Crippen LogP contribution in [0.25, 0.3) is 11.5 Å². The van der Waals surface area contributed by atoms with Crippen LogP contribution in [0, 0.1) is 0 Å². The lowest BCUT2D eigenvalue weighted by molar-refractivity contribution is 0.00578. The molecule has 1 saturated heterocycles. The van der Waals surface area contributed by atoms with Crippen LogP contribution in [0.2, 0.25) is 0 Å². The van der Waals surface area contributed by atoms with E-state index in [-0.39, 0.29) is 22.0 Å². The molecule has 0 spiro atoms. The zero-order chi connectivity index (χ0) is 21.1. The van der Waals surface area contributed by atoms with Crippen LogP contribution >= 0.6 is 0 Å². The van der Waals surface area contributed by atoms with Crippen molar-refractivity contribution in [1.82, 2.24) is 10.2 Å². The number of nitrogens with zero attached hydrogens (tertiary/aromatic N) is 2. The molecule has 1 aliphatic rings. The summed E-state index contributed by atoms with van der Waals surface area (Å²) in [5, 5.41) is 8.58. The fourth-order valence-corrected chi connectivity index (χ4v) is 3.13. The third-order valence-corrected chi connectivity index (χ3v) is 5.67. The Hall–Kier alpha value is -1.66. The molecule has 0 radical (unpaired) electrons. The highest BCUT2D eigenvalue weighted by Gasteiger charge is 2.51. The second kappa shape index (κ2) is 6.43. The second-order valence-corrected chi connectivity index (χ2v) is 10.8. The highest BCUT2D eigenvalue weighted by Crippen LogP contribution is 2.38. The summed E-state index contributed by atoms with van der Waals surface area (Å²) in [5.74, 6) is 1.19. The summed E-state index contributed by atoms with van der Waals surface area (Å²) in [5.41, 5.74) is 2.06. The molecule has 5 nitrogen and oxygen atoms in total. The lowest BCUT2D eigenvalue weighted by Gasteiger charge is -2.32. The maximum Gasteiger partial charge on any atom is 0.494 e. The molecular formula is C22H33BN2O3. The lowest BCUT2D eigenvalue weighted by atomic mass is 9.74. The molecule has 0 aliphatic carbocycles. The zero-order valence-electron chi connectivity index (χ0n) is 18.9. The summed E-state index contributed by atoms with van der Waals surface area (Å²) in [6.07, 6.45) is 0. The topological polar surface area (TPSA) is 57.4 Å². The van der Waals surface area contributed by atoms with Gasteiger partial charge in [0.25, 0.3) is 0 Å². The monoisotopic (exact) mass is 384 g/mol. The molecule has 2 aromatic rings. The van der Waals surface area contributed by atoms with E-state index in [4.69, 9.17) is 13.7 Å². The van der Waals surface area contributed by atoms with E-state index in [1.54, 1.807) is 0 Å². The van der Waals surface area contributed by atoms with Crippen molar-refractivity contribution in [1.29, 1.82) is 0 Å². The molecule has 0 unspecified atom stereocenters. The van der Waals surface area contributed by atoms with Crippen molar-refractivity contribution < 1.29 is 13.7 Å². The maximum absolute atomic E-state index is 6.24. The van der Waals surface area contributed by atoms with Gasteiger partial charge < -0.3 is 13.7 Å². The third-order valence-electron chi connectivity index (χ3n) is 5.67. The minimum atomic E-state index is -0.395. The lowest BCUT2D eigenvalue weighted by Crippen LogP contribution is -2.41. The number of aromatic nitrogens is 2. The van der Waals surface area contributed by atoms with Gasteiger partial charge >= 0.3 is 7.12 Å². The molecule has 2 heterocycles. The van der Waals surface area contributed by atoms with E-state index >= 15 is 0 Å². The van der Waals surface area contributed by atoms with Crippen LogP contribution in [0.15, 0.2) is 22.6 Å². The molecule has 0 saturated carbocycles. The number of hydrogen-bond acceptors (Lipinski definition) is 5. The fraction of sp³-hybridized carbons (Fsp3) is 0.636. The normalized spacial score (nSPS) is 19.3. The van der Waals surface area contributed by atoms with E-state index < -0.39 is 7.12 Å². The fourth-order valence-electron chi connectivity index (χ4n) is 3.13. The van der Waals surface area contributed by atoms with Gasteiger partial charge in [0.05, 0.1) is 11.2 Å². The average molecular weight is 384 g/mol. The average Bonchev–Trinajstić information content (AvgIpc) is 3.09. The van der Waals surface area contributed by atoms with E-state index in [1.165, 1.54) is 0 Å². The largest absolute Gasteiger partial charge is 0.494 e. The minimum absolute atomic E-state index is 0.106. The molecule has 0 bridgehead atoms. The highest BCUT2D eigenvalue weighted by molar-refractivity contribution is 6.62. The van der Waals surface area contributed by atoms with Gasteiger partial charge in [-0.25, -0.2) is 0 Å². The number of hydrogen-bond donors (Lipinski definition) is 0. The van der Waals surface area contributed by atoms with E-state index in [1.807, 2.05) is 12.1 Å². The molecule has 28 heavy (non-hydrogen) atoms. The Morgan fingerprint density at radius 3 is 1.86 bits per heavy atom. The molecule has 0 N–H and O–H groups in total. The Morgan fingerprint density at radius 2 is 1.39 bits per heavy atom. The predicted octanol–water partition coefficient (Wildman–Crippen LogP) is 4.63. The first-order valence-electron chi connectivity index (χ1n) is 9.96. The Balaban J connectivity index is 2.04. The standard InChI is InChI=1S/C22H33BN2O3/c1-19(2,3)16-13-14(23-27-21(7,8)22(9,10)28-23)11-12-15(16)17-24-25-18(26-17)20(4,5)6/h11-13H,1-10H3. The summed E-state index contributed by atoms with van der Waals surface area (Å²) in [7, 11) is -0.395. The van der Waals surface area contributed by atoms with E-state index in [2.05, 4.69) is 85.5 Å². The quantitative estimate of drug-likeness (QED) is 0.707. The molecule has 1 aromatic carbocycles. The van der Waals surface area contributed by atoms with Gasteiger partial charge in [-0.3, -0.25) is 0 Å². The van der Waals surface area contributed by atoms with Crippen LogP contribution in [0.5, 0.6) is 0 Å². The molecule has 6 heteroatoms. The predicted molar refractivity (Wildman–Crippen MR) is 113 cm³/mol. The summed E-state index contributed by atoms with van der Waals surface area (Å²) in [4.78, 5) is 0. The van der Waals surface area contributed by atoms with Gasteiger partial charge in [-0.1, -0.05) is 53.7 Å². The number of benzene rings is 1. The third kappa shape index (κ3) is 3.77. The van der Waals surface area contributed by atoms with Crippen LogP contribution in [0.4, 0.5) is 0 Å². The molecule has 1 fully saturated rings. The molecule has 0 atom stereocenters. The summed E-state index contributed by atoms with van der Waals surface area (Å²) < 4.78 is 18.5. The Morgan fingerprint density at radius 1 is 0.821 bits per heavy atom. The Bertz CT molecular complexity index is 857. The first-order chi connectivity index (χ1) is 12.6. The first kappa shape index (κ1) is 21.1. The molecule has 152 valence electrons. The van der Waals surface area contributed by atoms with Gasteiger partial charge in [-0.05, 0) is 50.2 Å². The van der Waals surface area contributed by atoms with Gasteiger partial charge in [-0.15, -0.1) is 10.2 Å². The smallest absolute Gasteiger partial charge is 0.420 e. The summed E-state index contributed by atoms with van der Waals surface area (Å²) in [6, 6.07) is 6.23. The van der Waals surface area contributed by atoms with Crippen molar-refractivity contribution in [3.05, 3.63) is 29.7 Å². The van der Waals surface area contributed by atoms with Crippen molar-refractivity contribution in [2.45, 2.75) is 91.3 Å². The van der Waals surface area contributed by atoms with Crippen LogP contribution in [-0.2, 0) is 20.1 Å². The summed E-state index contributed by atoms with van der Waals surface area (Å²) in [6.45, 7) is 21.0. The van der Waals surface area contributed by atoms with Gasteiger partial charge in [-0.2, -0.15) is 0 Å². The van der Waals surface area contributed by atoms with Gasteiger partial charge in [0.1, 0.15) is 0 Å². The van der Waals surface area contributed by atoms with Crippen molar-refractivity contribution >= 4 is 12.6 Å².